The van der Waals surface area contributed by atoms with Crippen LogP contribution in [-0.4, -0.2) is 10.3 Å². The predicted octanol–water partition coefficient (Wildman–Crippen LogP) is 1.38. The molecule has 0 radical (unpaired) electrons. The summed E-state index contributed by atoms with van der Waals surface area (Å²) in [5.74, 6) is -0.0354. The van der Waals surface area contributed by atoms with Crippen LogP contribution in [0.15, 0.2) is 28.9 Å². The molecule has 2 N–H and O–H groups in total. The molecule has 0 amide bonds. The minimum Gasteiger partial charge on any atom is -0.379 e. The van der Waals surface area contributed by atoms with Crippen molar-refractivity contribution in [3.05, 3.63) is 41.3 Å². The zero-order chi connectivity index (χ0) is 9.97. The topological polar surface area (TPSA) is 64.9 Å². The molecule has 0 aliphatic carbocycles. The fraction of sp³-hybridized carbons (Fsp3) is 0.111. The molecular formula is C9H8FN3O. The van der Waals surface area contributed by atoms with Crippen LogP contribution in [0.4, 0.5) is 10.2 Å². The number of hydrogen-bond acceptors (Lipinski definition) is 4. The van der Waals surface area contributed by atoms with Gasteiger partial charge in [-0.25, -0.2) is 9.02 Å². The number of halogens is 1. The van der Waals surface area contributed by atoms with Crippen LogP contribution in [0.5, 0.6) is 0 Å². The second kappa shape index (κ2) is 3.45. The third-order valence-electron chi connectivity index (χ3n) is 1.85. The van der Waals surface area contributed by atoms with Crippen molar-refractivity contribution in [2.45, 2.75) is 6.42 Å². The van der Waals surface area contributed by atoms with Gasteiger partial charge >= 0.3 is 0 Å². The molecule has 0 aliphatic heterocycles. The first-order valence-corrected chi connectivity index (χ1v) is 4.07. The molecule has 0 saturated heterocycles. The average Bonchev–Trinajstić information content (AvgIpc) is 2.52. The SMILES string of the molecule is Nc1nonc1Cc1cccc(F)c1. The zero-order valence-electron chi connectivity index (χ0n) is 7.27. The van der Waals surface area contributed by atoms with Crippen LogP contribution >= 0.6 is 0 Å². The van der Waals surface area contributed by atoms with E-state index in [-0.39, 0.29) is 11.6 Å². The maximum atomic E-state index is 12.8. The Morgan fingerprint density at radius 3 is 2.86 bits per heavy atom. The van der Waals surface area contributed by atoms with Crippen molar-refractivity contribution in [2.24, 2.45) is 0 Å². The third-order valence-corrected chi connectivity index (χ3v) is 1.85. The summed E-state index contributed by atoms with van der Waals surface area (Å²) in [7, 11) is 0. The Morgan fingerprint density at radius 1 is 1.36 bits per heavy atom. The first-order valence-electron chi connectivity index (χ1n) is 4.07. The van der Waals surface area contributed by atoms with E-state index in [4.69, 9.17) is 5.73 Å². The van der Waals surface area contributed by atoms with E-state index in [2.05, 4.69) is 14.9 Å². The van der Waals surface area contributed by atoms with Crippen LogP contribution < -0.4 is 5.73 Å². The summed E-state index contributed by atoms with van der Waals surface area (Å²) >= 11 is 0. The van der Waals surface area contributed by atoms with E-state index in [1.54, 1.807) is 12.1 Å². The van der Waals surface area contributed by atoms with Gasteiger partial charge in [-0.2, -0.15) is 0 Å². The highest BCUT2D eigenvalue weighted by molar-refractivity contribution is 5.35. The molecule has 14 heavy (non-hydrogen) atoms. The largest absolute Gasteiger partial charge is 0.379 e. The molecule has 0 unspecified atom stereocenters. The lowest BCUT2D eigenvalue weighted by atomic mass is 10.1. The number of aromatic nitrogens is 2. The number of benzene rings is 1. The zero-order valence-corrected chi connectivity index (χ0v) is 7.27. The molecule has 5 heteroatoms. The minimum atomic E-state index is -0.280. The molecule has 0 aliphatic rings. The van der Waals surface area contributed by atoms with Crippen molar-refractivity contribution in [1.82, 2.24) is 10.3 Å². The minimum absolute atomic E-state index is 0.245. The van der Waals surface area contributed by atoms with Gasteiger partial charge in [0, 0.05) is 6.42 Å². The number of nitrogens with two attached hydrogens (primary N) is 1. The van der Waals surface area contributed by atoms with Gasteiger partial charge in [0.05, 0.1) is 0 Å². The molecule has 0 saturated carbocycles. The number of nitrogens with zero attached hydrogens (tertiary/aromatic N) is 2. The van der Waals surface area contributed by atoms with Gasteiger partial charge in [0.25, 0.3) is 0 Å². The number of hydrogen-bond donors (Lipinski definition) is 1. The van der Waals surface area contributed by atoms with E-state index in [0.29, 0.717) is 12.1 Å². The van der Waals surface area contributed by atoms with Gasteiger partial charge in [-0.05, 0) is 22.9 Å². The van der Waals surface area contributed by atoms with Crippen molar-refractivity contribution in [3.8, 4) is 0 Å². The highest BCUT2D eigenvalue weighted by atomic mass is 19.1. The number of anilines is 1. The Morgan fingerprint density at radius 2 is 2.21 bits per heavy atom. The molecule has 0 spiro atoms. The van der Waals surface area contributed by atoms with Gasteiger partial charge in [0.1, 0.15) is 11.5 Å². The molecular weight excluding hydrogens is 185 g/mol. The van der Waals surface area contributed by atoms with E-state index < -0.39 is 0 Å². The Kier molecular flexibility index (Phi) is 2.14. The summed E-state index contributed by atoms with van der Waals surface area (Å²) in [4.78, 5) is 0. The summed E-state index contributed by atoms with van der Waals surface area (Å²) < 4.78 is 17.2. The fourth-order valence-corrected chi connectivity index (χ4v) is 1.18. The summed E-state index contributed by atoms with van der Waals surface area (Å²) in [6.45, 7) is 0. The van der Waals surface area contributed by atoms with Gasteiger partial charge in [-0.3, -0.25) is 0 Å². The third kappa shape index (κ3) is 1.71. The molecule has 1 aromatic carbocycles. The summed E-state index contributed by atoms with van der Waals surface area (Å²) in [5.41, 5.74) is 6.77. The van der Waals surface area contributed by atoms with Crippen molar-refractivity contribution < 1.29 is 9.02 Å². The second-order valence-corrected chi connectivity index (χ2v) is 2.90. The van der Waals surface area contributed by atoms with E-state index in [1.807, 2.05) is 0 Å². The Bertz CT molecular complexity index is 441. The van der Waals surface area contributed by atoms with Crippen molar-refractivity contribution in [2.75, 3.05) is 5.73 Å². The molecule has 0 atom stereocenters. The van der Waals surface area contributed by atoms with Crippen LogP contribution in [0, 0.1) is 5.82 Å². The maximum Gasteiger partial charge on any atom is 0.191 e. The molecule has 1 heterocycles. The lowest BCUT2D eigenvalue weighted by Crippen LogP contribution is -1.95. The van der Waals surface area contributed by atoms with E-state index >= 15 is 0 Å². The first-order chi connectivity index (χ1) is 6.75. The molecule has 4 nitrogen and oxygen atoms in total. The van der Waals surface area contributed by atoms with Gasteiger partial charge in [-0.1, -0.05) is 17.3 Å². The van der Waals surface area contributed by atoms with E-state index in [1.165, 1.54) is 12.1 Å². The summed E-state index contributed by atoms with van der Waals surface area (Å²) in [5, 5.41) is 7.04. The van der Waals surface area contributed by atoms with Crippen molar-refractivity contribution in [3.63, 3.8) is 0 Å². The van der Waals surface area contributed by atoms with Crippen LogP contribution in [0.2, 0.25) is 0 Å². The van der Waals surface area contributed by atoms with Gasteiger partial charge in [0.15, 0.2) is 5.82 Å². The Hall–Kier alpha value is -1.91. The van der Waals surface area contributed by atoms with E-state index in [0.717, 1.165) is 5.56 Å². The summed E-state index contributed by atoms with van der Waals surface area (Å²) in [6, 6.07) is 6.23. The Balaban J connectivity index is 2.23. The number of rotatable bonds is 2. The first kappa shape index (κ1) is 8.68. The van der Waals surface area contributed by atoms with Crippen LogP contribution in [0.3, 0.4) is 0 Å². The highest BCUT2D eigenvalue weighted by Gasteiger charge is 2.06. The van der Waals surface area contributed by atoms with Gasteiger partial charge < -0.3 is 5.73 Å². The molecule has 1 aromatic heterocycles. The fourth-order valence-electron chi connectivity index (χ4n) is 1.18. The molecule has 2 aromatic rings. The van der Waals surface area contributed by atoms with Gasteiger partial charge in [0.2, 0.25) is 0 Å². The molecule has 0 bridgehead atoms. The highest BCUT2D eigenvalue weighted by Crippen LogP contribution is 2.12. The summed E-state index contributed by atoms with van der Waals surface area (Å²) in [6.07, 6.45) is 0.424. The average molecular weight is 193 g/mol. The second-order valence-electron chi connectivity index (χ2n) is 2.90. The quantitative estimate of drug-likeness (QED) is 0.782. The molecule has 72 valence electrons. The maximum absolute atomic E-state index is 12.8. The Labute approximate surface area is 79.5 Å². The van der Waals surface area contributed by atoms with Crippen molar-refractivity contribution >= 4 is 5.82 Å². The number of nitrogen functional groups attached to an aromatic ring is 1. The van der Waals surface area contributed by atoms with Crippen LogP contribution in [-0.2, 0) is 6.42 Å². The molecule has 0 fully saturated rings. The lowest BCUT2D eigenvalue weighted by molar-refractivity contribution is 0.305. The predicted molar refractivity (Wildman–Crippen MR) is 47.9 cm³/mol. The lowest BCUT2D eigenvalue weighted by Gasteiger charge is -1.97. The smallest absolute Gasteiger partial charge is 0.191 e. The van der Waals surface area contributed by atoms with Gasteiger partial charge in [-0.15, -0.1) is 0 Å². The monoisotopic (exact) mass is 193 g/mol. The van der Waals surface area contributed by atoms with Crippen molar-refractivity contribution in [1.29, 1.82) is 0 Å². The standard InChI is InChI=1S/C9H8FN3O/c10-7-3-1-2-6(4-7)5-8-9(11)13-14-12-8/h1-4H,5H2,(H2,11,13). The van der Waals surface area contributed by atoms with Crippen LogP contribution in [0.25, 0.3) is 0 Å². The van der Waals surface area contributed by atoms with Crippen LogP contribution in [0.1, 0.15) is 11.3 Å². The van der Waals surface area contributed by atoms with E-state index in [9.17, 15) is 4.39 Å². The normalized spacial score (nSPS) is 10.4. The molecule has 2 rings (SSSR count).